The molecule has 14 heteroatoms. The average Bonchev–Trinajstić information content (AvgIpc) is 2.40. The molecule has 26 heavy (non-hydrogen) atoms. The van der Waals surface area contributed by atoms with Gasteiger partial charge in [0.05, 0.1) is 0 Å². The molecule has 0 aromatic rings. The third kappa shape index (κ3) is 25.7. The number of carbonyl (C=O) groups excluding carboxylic acids is 4. The molecule has 0 aliphatic heterocycles. The van der Waals surface area contributed by atoms with Gasteiger partial charge < -0.3 is 19.7 Å². The second-order valence-electron chi connectivity index (χ2n) is 3.16. The summed E-state index contributed by atoms with van der Waals surface area (Å²) in [6.07, 6.45) is 2.69. The van der Waals surface area contributed by atoms with Crippen molar-refractivity contribution in [3.63, 3.8) is 0 Å². The van der Waals surface area contributed by atoms with Crippen molar-refractivity contribution in [2.24, 2.45) is 0 Å². The van der Waals surface area contributed by atoms with Crippen LogP contribution in [0.5, 0.6) is 0 Å². The number of hydrogen-bond donors (Lipinski definition) is 2. The summed E-state index contributed by atoms with van der Waals surface area (Å²) in [6.45, 7) is 0. The van der Waals surface area contributed by atoms with Crippen molar-refractivity contribution in [3.8, 4) is 0 Å². The summed E-state index contributed by atoms with van der Waals surface area (Å²) >= 11 is 0. The predicted octanol–water partition coefficient (Wildman–Crippen LogP) is -3.63. The Labute approximate surface area is 276 Å². The van der Waals surface area contributed by atoms with Gasteiger partial charge in [0.25, 0.3) is 0 Å². The van der Waals surface area contributed by atoms with Crippen molar-refractivity contribution in [3.05, 3.63) is 36.5 Å². The van der Waals surface area contributed by atoms with Crippen molar-refractivity contribution in [2.75, 3.05) is 0 Å². The Balaban J connectivity index is -0.000000367. The normalized spacial score (nSPS) is 9.08. The first-order chi connectivity index (χ1) is 10.2. The van der Waals surface area contributed by atoms with Gasteiger partial charge in [-0.05, 0) is 0 Å². The van der Waals surface area contributed by atoms with Crippen LogP contribution in [0.25, 0.3) is 0 Å². The number of carboxylic acid groups (broad SMARTS) is 2. The SMILES string of the molecule is O=C(O)/C=C\C(=O)OC(=O)/C=C\C(=O)OC(=O)/C=C\C(=O)O.[KH].[KH].[NaH].[NaH]. The number of carbonyl (C=O) groups is 6. The van der Waals surface area contributed by atoms with Crippen molar-refractivity contribution in [1.82, 2.24) is 0 Å². The van der Waals surface area contributed by atoms with E-state index in [-0.39, 0.29) is 162 Å². The topological polar surface area (TPSA) is 161 Å². The van der Waals surface area contributed by atoms with E-state index in [1.807, 2.05) is 0 Å². The summed E-state index contributed by atoms with van der Waals surface area (Å²) in [5.41, 5.74) is 0. The Morgan fingerprint density at radius 3 is 0.885 bits per heavy atom. The minimum absolute atomic E-state index is 0. The van der Waals surface area contributed by atoms with Crippen LogP contribution in [0.4, 0.5) is 0 Å². The molecule has 0 spiro atoms. The molecule has 0 aliphatic rings. The predicted molar refractivity (Wildman–Crippen MR) is 93.5 cm³/mol. The monoisotopic (exact) mass is 440 g/mol. The molecule has 10 nitrogen and oxygen atoms in total. The van der Waals surface area contributed by atoms with E-state index in [4.69, 9.17) is 10.2 Å². The van der Waals surface area contributed by atoms with Gasteiger partial charge in [0.15, 0.2) is 0 Å². The zero-order valence-corrected chi connectivity index (χ0v) is 10.6. The van der Waals surface area contributed by atoms with E-state index in [0.29, 0.717) is 36.5 Å². The van der Waals surface area contributed by atoms with E-state index in [2.05, 4.69) is 9.47 Å². The molecule has 0 saturated heterocycles. The first kappa shape index (κ1) is 38.3. The van der Waals surface area contributed by atoms with Gasteiger partial charge in [-0.2, -0.15) is 0 Å². The quantitative estimate of drug-likeness (QED) is 0.182. The van der Waals surface area contributed by atoms with Crippen molar-refractivity contribution >= 4 is 198 Å². The summed E-state index contributed by atoms with van der Waals surface area (Å²) in [6, 6.07) is 0. The van der Waals surface area contributed by atoms with Crippen LogP contribution in [-0.4, -0.2) is 208 Å². The van der Waals surface area contributed by atoms with Gasteiger partial charge in [-0.1, -0.05) is 0 Å². The van der Waals surface area contributed by atoms with Gasteiger partial charge in [-0.3, -0.25) is 0 Å². The number of ether oxygens (including phenoxy) is 2. The van der Waals surface area contributed by atoms with E-state index in [1.54, 1.807) is 0 Å². The van der Waals surface area contributed by atoms with Crippen LogP contribution < -0.4 is 0 Å². The minimum atomic E-state index is -1.43. The van der Waals surface area contributed by atoms with E-state index < -0.39 is 35.8 Å². The maximum absolute atomic E-state index is 11.0. The molecule has 0 bridgehead atoms. The van der Waals surface area contributed by atoms with Gasteiger partial charge in [-0.15, -0.1) is 0 Å². The molecule has 0 rings (SSSR count). The third-order valence-electron chi connectivity index (χ3n) is 1.48. The van der Waals surface area contributed by atoms with Crippen LogP contribution in [0.2, 0.25) is 0 Å². The van der Waals surface area contributed by atoms with Gasteiger partial charge in [-0.25, -0.2) is 28.8 Å². The molecule has 0 amide bonds. The van der Waals surface area contributed by atoms with Crippen LogP contribution in [0.1, 0.15) is 0 Å². The van der Waals surface area contributed by atoms with Crippen LogP contribution >= 0.6 is 0 Å². The summed E-state index contributed by atoms with van der Waals surface area (Å²) in [5, 5.41) is 16.4. The molecule has 0 atom stereocenters. The number of hydrogen-bond acceptors (Lipinski definition) is 8. The van der Waals surface area contributed by atoms with Crippen molar-refractivity contribution in [1.29, 1.82) is 0 Å². The molecule has 0 aliphatic carbocycles. The Bertz CT molecular complexity index is 561. The van der Waals surface area contributed by atoms with Gasteiger partial charge in [0.2, 0.25) is 0 Å². The van der Waals surface area contributed by atoms with Gasteiger partial charge in [0.1, 0.15) is 0 Å². The zero-order valence-electron chi connectivity index (χ0n) is 10.6. The third-order valence-corrected chi connectivity index (χ3v) is 1.48. The summed E-state index contributed by atoms with van der Waals surface area (Å²) in [5.74, 6) is -8.07. The van der Waals surface area contributed by atoms with E-state index in [1.165, 1.54) is 0 Å². The van der Waals surface area contributed by atoms with Gasteiger partial charge in [0, 0.05) is 36.5 Å². The van der Waals surface area contributed by atoms with Crippen molar-refractivity contribution in [2.45, 2.75) is 0 Å². The first-order valence-corrected chi connectivity index (χ1v) is 5.22. The molecule has 0 saturated carbocycles. The molecule has 0 fully saturated rings. The van der Waals surface area contributed by atoms with E-state index in [9.17, 15) is 28.8 Å². The second kappa shape index (κ2) is 23.0. The molecule has 0 radical (unpaired) electrons. The fraction of sp³-hybridized carbons (Fsp3) is 0. The summed E-state index contributed by atoms with van der Waals surface area (Å²) in [7, 11) is 0. The molecule has 0 aromatic carbocycles. The molecular formula is C12H12K2Na2O10. The number of carboxylic acids is 2. The van der Waals surface area contributed by atoms with Gasteiger partial charge >= 0.3 is 198 Å². The van der Waals surface area contributed by atoms with E-state index >= 15 is 0 Å². The number of aliphatic carboxylic acids is 2. The van der Waals surface area contributed by atoms with Crippen LogP contribution in [-0.2, 0) is 38.2 Å². The fourth-order valence-electron chi connectivity index (χ4n) is 0.749. The standard InChI is InChI=1S/C12H8O10.2K.2Na.4H/c13-7(14)1-3-9(17)21-11(19)5-6-12(20)22-10(18)4-2-8(15)16;;;;;;;;/h1-6H,(H,13,14)(H,15,16);;;;;;;;/b3-1-,4-2-,6-5-;;;;;;;;. The molecule has 2 N–H and O–H groups in total. The number of rotatable bonds is 6. The van der Waals surface area contributed by atoms with Crippen LogP contribution in [0, 0.1) is 0 Å². The molecule has 0 unspecified atom stereocenters. The maximum atomic E-state index is 11.0. The molecular weight excluding hydrogens is 428 g/mol. The van der Waals surface area contributed by atoms with Crippen LogP contribution in [0.3, 0.4) is 0 Å². The molecule has 0 heterocycles. The van der Waals surface area contributed by atoms with E-state index in [0.717, 1.165) is 0 Å². The first-order valence-electron chi connectivity index (χ1n) is 5.22. The Morgan fingerprint density at radius 2 is 0.692 bits per heavy atom. The van der Waals surface area contributed by atoms with Crippen LogP contribution in [0.15, 0.2) is 36.5 Å². The summed E-state index contributed by atoms with van der Waals surface area (Å²) in [4.78, 5) is 63.9. The average molecular weight is 440 g/mol. The summed E-state index contributed by atoms with van der Waals surface area (Å²) < 4.78 is 8.07. The fourth-order valence-corrected chi connectivity index (χ4v) is 0.749. The number of esters is 4. The molecule has 0 aromatic heterocycles. The van der Waals surface area contributed by atoms with Crippen molar-refractivity contribution < 1.29 is 48.5 Å². The Hall–Kier alpha value is 1.71. The Kier molecular flexibility index (Phi) is 33.9. The Morgan fingerprint density at radius 1 is 0.500 bits per heavy atom. The zero-order chi connectivity index (χ0) is 17.1. The molecule has 124 valence electrons. The second-order valence-corrected chi connectivity index (χ2v) is 3.16.